The van der Waals surface area contributed by atoms with Gasteiger partial charge in [-0.1, -0.05) is 54.6 Å². The second kappa shape index (κ2) is 10.5. The van der Waals surface area contributed by atoms with Gasteiger partial charge in [0.1, 0.15) is 11.5 Å². The Morgan fingerprint density at radius 3 is 1.94 bits per heavy atom. The fourth-order valence-corrected chi connectivity index (χ4v) is 3.54. The summed E-state index contributed by atoms with van der Waals surface area (Å²) in [4.78, 5) is 6.57. The van der Waals surface area contributed by atoms with Crippen LogP contribution in [0.4, 0.5) is 0 Å². The van der Waals surface area contributed by atoms with Crippen molar-refractivity contribution in [2.24, 2.45) is 5.73 Å². The molecule has 4 nitrogen and oxygen atoms in total. The minimum atomic E-state index is 0.565. The van der Waals surface area contributed by atoms with Crippen LogP contribution in [-0.2, 0) is 26.2 Å². The first-order valence-corrected chi connectivity index (χ1v) is 10.5. The fraction of sp³-hybridized carbons (Fsp3) is 0.148. The van der Waals surface area contributed by atoms with Gasteiger partial charge in [-0.25, -0.2) is 0 Å². The SMILES string of the molecule is NCc1ccc(CN(Cc2ccncc2)Cc2cccc(Oc3ccccc3)c2)cc1. The molecule has 0 spiro atoms. The number of para-hydroxylation sites is 1. The molecule has 156 valence electrons. The molecule has 4 aromatic rings. The van der Waals surface area contributed by atoms with Crippen molar-refractivity contribution < 1.29 is 4.74 Å². The van der Waals surface area contributed by atoms with Gasteiger partial charge >= 0.3 is 0 Å². The third kappa shape index (κ3) is 6.25. The zero-order chi connectivity index (χ0) is 21.3. The molecule has 4 heteroatoms. The highest BCUT2D eigenvalue weighted by Crippen LogP contribution is 2.23. The maximum atomic E-state index is 6.02. The summed E-state index contributed by atoms with van der Waals surface area (Å²) in [7, 11) is 0. The zero-order valence-electron chi connectivity index (χ0n) is 17.5. The average Bonchev–Trinajstić information content (AvgIpc) is 2.81. The van der Waals surface area contributed by atoms with Gasteiger partial charge < -0.3 is 10.5 Å². The summed E-state index contributed by atoms with van der Waals surface area (Å²) in [6.07, 6.45) is 3.69. The number of ether oxygens (including phenoxy) is 1. The Kier molecular flexibility index (Phi) is 7.06. The predicted octanol–water partition coefficient (Wildman–Crippen LogP) is 5.54. The van der Waals surface area contributed by atoms with Crippen molar-refractivity contribution in [2.75, 3.05) is 0 Å². The van der Waals surface area contributed by atoms with Gasteiger partial charge in [-0.05, 0) is 58.7 Å². The van der Waals surface area contributed by atoms with Crippen LogP contribution in [0, 0.1) is 0 Å². The molecule has 0 aliphatic heterocycles. The van der Waals surface area contributed by atoms with E-state index in [1.165, 1.54) is 16.7 Å². The molecule has 0 saturated heterocycles. The zero-order valence-corrected chi connectivity index (χ0v) is 17.5. The molecule has 0 aliphatic rings. The Hall–Kier alpha value is -3.47. The van der Waals surface area contributed by atoms with Crippen molar-refractivity contribution in [3.8, 4) is 11.5 Å². The summed E-state index contributed by atoms with van der Waals surface area (Å²) in [5.41, 5.74) is 10.6. The lowest BCUT2D eigenvalue weighted by Gasteiger charge is -2.23. The van der Waals surface area contributed by atoms with Crippen molar-refractivity contribution in [3.05, 3.63) is 126 Å². The molecule has 1 heterocycles. The van der Waals surface area contributed by atoms with Crippen LogP contribution in [0.5, 0.6) is 11.5 Å². The van der Waals surface area contributed by atoms with E-state index in [1.807, 2.05) is 54.9 Å². The molecule has 0 atom stereocenters. The molecular formula is C27H27N3O. The van der Waals surface area contributed by atoms with Crippen molar-refractivity contribution in [3.63, 3.8) is 0 Å². The minimum absolute atomic E-state index is 0.565. The molecule has 0 fully saturated rings. The first kappa shape index (κ1) is 20.8. The number of nitrogens with zero attached hydrogens (tertiary/aromatic N) is 2. The molecule has 3 aromatic carbocycles. The smallest absolute Gasteiger partial charge is 0.127 e. The Balaban J connectivity index is 1.51. The number of hydrogen-bond donors (Lipinski definition) is 1. The summed E-state index contributed by atoms with van der Waals surface area (Å²) in [5, 5.41) is 0. The van der Waals surface area contributed by atoms with Gasteiger partial charge in [-0.3, -0.25) is 9.88 Å². The van der Waals surface area contributed by atoms with Gasteiger partial charge in [0.15, 0.2) is 0 Å². The van der Waals surface area contributed by atoms with E-state index < -0.39 is 0 Å². The molecule has 0 amide bonds. The maximum Gasteiger partial charge on any atom is 0.127 e. The molecule has 31 heavy (non-hydrogen) atoms. The van der Waals surface area contributed by atoms with Crippen LogP contribution >= 0.6 is 0 Å². The molecule has 2 N–H and O–H groups in total. The van der Waals surface area contributed by atoms with Crippen molar-refractivity contribution >= 4 is 0 Å². The van der Waals surface area contributed by atoms with Crippen LogP contribution in [0.15, 0.2) is 103 Å². The number of nitrogens with two attached hydrogens (primary N) is 1. The Labute approximate surface area is 183 Å². The Morgan fingerprint density at radius 2 is 1.23 bits per heavy atom. The third-order valence-corrected chi connectivity index (χ3v) is 5.10. The van der Waals surface area contributed by atoms with Crippen LogP contribution in [0.25, 0.3) is 0 Å². The van der Waals surface area contributed by atoms with Gasteiger partial charge in [0.05, 0.1) is 0 Å². The summed E-state index contributed by atoms with van der Waals surface area (Å²) in [6.45, 7) is 3.06. The largest absolute Gasteiger partial charge is 0.457 e. The minimum Gasteiger partial charge on any atom is -0.457 e. The summed E-state index contributed by atoms with van der Waals surface area (Å²) < 4.78 is 6.02. The molecule has 0 bridgehead atoms. The molecular weight excluding hydrogens is 382 g/mol. The van der Waals surface area contributed by atoms with Gasteiger partial charge in [-0.15, -0.1) is 0 Å². The third-order valence-electron chi connectivity index (χ3n) is 5.10. The van der Waals surface area contributed by atoms with Crippen LogP contribution in [-0.4, -0.2) is 9.88 Å². The van der Waals surface area contributed by atoms with Gasteiger partial charge in [0.25, 0.3) is 0 Å². The van der Waals surface area contributed by atoms with Crippen LogP contribution in [0.2, 0.25) is 0 Å². The highest BCUT2D eigenvalue weighted by Gasteiger charge is 2.10. The van der Waals surface area contributed by atoms with Gasteiger partial charge in [-0.2, -0.15) is 0 Å². The maximum absolute atomic E-state index is 6.02. The number of benzene rings is 3. The quantitative estimate of drug-likeness (QED) is 0.395. The first-order valence-electron chi connectivity index (χ1n) is 10.5. The van der Waals surface area contributed by atoms with E-state index in [9.17, 15) is 0 Å². The van der Waals surface area contributed by atoms with E-state index >= 15 is 0 Å². The van der Waals surface area contributed by atoms with E-state index in [2.05, 4.69) is 58.4 Å². The normalized spacial score (nSPS) is 10.9. The van der Waals surface area contributed by atoms with E-state index in [-0.39, 0.29) is 0 Å². The summed E-state index contributed by atoms with van der Waals surface area (Å²) in [6, 6.07) is 30.9. The van der Waals surface area contributed by atoms with E-state index in [0.29, 0.717) is 6.54 Å². The molecule has 0 radical (unpaired) electrons. The lowest BCUT2D eigenvalue weighted by atomic mass is 10.1. The molecule has 0 unspecified atom stereocenters. The van der Waals surface area contributed by atoms with Crippen LogP contribution < -0.4 is 10.5 Å². The Bertz CT molecular complexity index is 1070. The lowest BCUT2D eigenvalue weighted by Crippen LogP contribution is -2.22. The number of pyridine rings is 1. The first-order chi connectivity index (χ1) is 15.3. The summed E-state index contributed by atoms with van der Waals surface area (Å²) in [5.74, 6) is 1.69. The average molecular weight is 410 g/mol. The van der Waals surface area contributed by atoms with E-state index in [1.54, 1.807) is 0 Å². The monoisotopic (exact) mass is 409 g/mol. The highest BCUT2D eigenvalue weighted by atomic mass is 16.5. The van der Waals surface area contributed by atoms with Crippen LogP contribution in [0.3, 0.4) is 0 Å². The molecule has 4 rings (SSSR count). The standard InChI is InChI=1S/C27H27N3O/c28-18-22-9-11-23(12-10-22)19-30(20-24-13-15-29-16-14-24)21-25-5-4-8-27(17-25)31-26-6-2-1-3-7-26/h1-17H,18-21,28H2. The lowest BCUT2D eigenvalue weighted by molar-refractivity contribution is 0.247. The number of aromatic nitrogens is 1. The summed E-state index contributed by atoms with van der Waals surface area (Å²) >= 11 is 0. The molecule has 0 aliphatic carbocycles. The van der Waals surface area contributed by atoms with Crippen LogP contribution in [0.1, 0.15) is 22.3 Å². The second-order valence-corrected chi connectivity index (χ2v) is 7.58. The Morgan fingerprint density at radius 1 is 0.613 bits per heavy atom. The second-order valence-electron chi connectivity index (χ2n) is 7.58. The number of hydrogen-bond acceptors (Lipinski definition) is 4. The van der Waals surface area contributed by atoms with Crippen molar-refractivity contribution in [1.29, 1.82) is 0 Å². The van der Waals surface area contributed by atoms with E-state index in [4.69, 9.17) is 10.5 Å². The van der Waals surface area contributed by atoms with Gasteiger partial charge in [0.2, 0.25) is 0 Å². The van der Waals surface area contributed by atoms with Crippen molar-refractivity contribution in [2.45, 2.75) is 26.2 Å². The molecule has 0 saturated carbocycles. The van der Waals surface area contributed by atoms with Crippen molar-refractivity contribution in [1.82, 2.24) is 9.88 Å². The highest BCUT2D eigenvalue weighted by molar-refractivity contribution is 5.34. The predicted molar refractivity (Wildman–Crippen MR) is 124 cm³/mol. The van der Waals surface area contributed by atoms with Gasteiger partial charge in [0, 0.05) is 38.6 Å². The fourth-order valence-electron chi connectivity index (χ4n) is 3.54. The number of rotatable bonds is 9. The van der Waals surface area contributed by atoms with E-state index in [0.717, 1.165) is 36.7 Å². The molecule has 1 aromatic heterocycles. The topological polar surface area (TPSA) is 51.4 Å².